The van der Waals surface area contributed by atoms with Crippen molar-refractivity contribution in [3.63, 3.8) is 0 Å². The molecule has 1 aliphatic rings. The van der Waals surface area contributed by atoms with Crippen molar-refractivity contribution in [2.75, 3.05) is 0 Å². The molecule has 0 aromatic carbocycles. The van der Waals surface area contributed by atoms with Gasteiger partial charge in [0.2, 0.25) is 0 Å². The summed E-state index contributed by atoms with van der Waals surface area (Å²) < 4.78 is 14.1. The first-order chi connectivity index (χ1) is 4.22. The lowest BCUT2D eigenvalue weighted by molar-refractivity contribution is 0.674. The Kier molecular flexibility index (Phi) is 2.18. The molecule has 9 heavy (non-hydrogen) atoms. The van der Waals surface area contributed by atoms with Crippen molar-refractivity contribution in [3.8, 4) is 0 Å². The maximum Gasteiger partial charge on any atom is 0.189 e. The van der Waals surface area contributed by atoms with Crippen LogP contribution in [0.4, 0.5) is 4.39 Å². The molecule has 0 saturated carbocycles. The molecular weight excluding hydrogens is 257 g/mol. The van der Waals surface area contributed by atoms with Gasteiger partial charge in [0.15, 0.2) is 5.83 Å². The average molecular weight is 260 g/mol. The predicted molar refractivity (Wildman–Crippen MR) is 44.9 cm³/mol. The molecule has 50 valence electrons. The number of nitrogens with one attached hydrogen (secondary N) is 2. The molecular formula is C4H3ClFIN2. The Balaban J connectivity index is 2.92. The lowest BCUT2D eigenvalue weighted by atomic mass is 10.6. The van der Waals surface area contributed by atoms with Crippen LogP contribution >= 0.6 is 32.3 Å². The van der Waals surface area contributed by atoms with Gasteiger partial charge in [0.25, 0.3) is 0 Å². The van der Waals surface area contributed by atoms with Gasteiger partial charge >= 0.3 is 0 Å². The highest BCUT2D eigenvalue weighted by molar-refractivity contribution is 14.2. The molecule has 2 N–H and O–H groups in total. The Bertz CT molecular complexity index is 211. The fourth-order valence-electron chi connectivity index (χ4n) is 0.337. The normalized spacial score (nSPS) is 19.1. The van der Waals surface area contributed by atoms with Gasteiger partial charge in [-0.3, -0.25) is 5.41 Å². The number of allylic oxidation sites excluding steroid dienone is 1. The van der Waals surface area contributed by atoms with Crippen LogP contribution in [0.1, 0.15) is 0 Å². The molecule has 5 heteroatoms. The van der Waals surface area contributed by atoms with Crippen LogP contribution in [0.15, 0.2) is 11.0 Å². The largest absolute Gasteiger partial charge is 0.345 e. The molecule has 0 aromatic rings. The molecule has 0 atom stereocenters. The summed E-state index contributed by atoms with van der Waals surface area (Å²) in [6, 6.07) is 0. The van der Waals surface area contributed by atoms with E-state index in [1.165, 1.54) is 0 Å². The third-order valence-electron chi connectivity index (χ3n) is 0.730. The second-order valence-electron chi connectivity index (χ2n) is 1.30. The molecule has 1 rings (SSSR count). The predicted octanol–water partition coefficient (Wildman–Crippen LogP) is 1.67. The van der Waals surface area contributed by atoms with Crippen molar-refractivity contribution in [1.29, 1.82) is 5.41 Å². The van der Waals surface area contributed by atoms with E-state index in [2.05, 4.69) is 5.32 Å². The van der Waals surface area contributed by atoms with Crippen molar-refractivity contribution < 1.29 is 4.39 Å². The smallest absolute Gasteiger partial charge is 0.189 e. The lowest BCUT2D eigenvalue weighted by Gasteiger charge is -2.04. The van der Waals surface area contributed by atoms with Crippen molar-refractivity contribution >= 4 is 40.2 Å². The Labute approximate surface area is 66.3 Å². The Hall–Kier alpha value is 0.0300. The van der Waals surface area contributed by atoms with Gasteiger partial charge in [-0.1, -0.05) is 11.6 Å². The van der Waals surface area contributed by atoms with Crippen molar-refractivity contribution in [3.05, 3.63) is 11.0 Å². The molecule has 0 unspecified atom stereocenters. The minimum atomic E-state index is -0.605. The molecule has 1 heterocycles. The van der Waals surface area contributed by atoms with Crippen LogP contribution in [-0.2, 0) is 0 Å². The van der Waals surface area contributed by atoms with Crippen molar-refractivity contribution in [1.82, 2.24) is 5.32 Å². The highest BCUT2D eigenvalue weighted by Crippen LogP contribution is 2.19. The first kappa shape index (κ1) is 7.14. The van der Waals surface area contributed by atoms with Gasteiger partial charge in [-0.05, 0) is 20.7 Å². The first-order valence-corrected chi connectivity index (χ1v) is 4.78. The van der Waals surface area contributed by atoms with Gasteiger partial charge in [-0.15, -0.1) is 0 Å². The Morgan fingerprint density at radius 2 is 2.44 bits per heavy atom. The lowest BCUT2D eigenvalue weighted by Crippen LogP contribution is -2.12. The quantitative estimate of drug-likeness (QED) is 0.504. The highest BCUT2D eigenvalue weighted by Gasteiger charge is 2.10. The monoisotopic (exact) mass is 260 g/mol. The molecule has 0 fully saturated rings. The van der Waals surface area contributed by atoms with E-state index in [-0.39, 0.29) is 8.87 Å². The molecule has 0 saturated heterocycles. The third-order valence-corrected chi connectivity index (χ3v) is 2.72. The Morgan fingerprint density at radius 1 is 1.78 bits per heavy atom. The maximum absolute atomic E-state index is 12.4. The van der Waals surface area contributed by atoms with E-state index in [0.29, 0.717) is 0 Å². The van der Waals surface area contributed by atoms with Crippen LogP contribution in [0.2, 0.25) is 0 Å². The van der Waals surface area contributed by atoms with E-state index in [1.807, 2.05) is 0 Å². The summed E-state index contributed by atoms with van der Waals surface area (Å²) >= 11 is 4.72. The minimum absolute atomic E-state index is 0.0394. The second-order valence-corrected chi connectivity index (χ2v) is 4.01. The first-order valence-electron chi connectivity index (χ1n) is 2.07. The maximum atomic E-state index is 12.4. The molecule has 0 amide bonds. The Morgan fingerprint density at radius 3 is 2.89 bits per heavy atom. The number of halogens is 3. The summed E-state index contributed by atoms with van der Waals surface area (Å²) in [5, 5.41) is 9.44. The van der Waals surface area contributed by atoms with Crippen LogP contribution in [0.5, 0.6) is 0 Å². The summed E-state index contributed by atoms with van der Waals surface area (Å²) in [7, 11) is 0. The molecule has 0 radical (unpaired) electrons. The zero-order valence-corrected chi connectivity index (χ0v) is 7.12. The standard InChI is InChI=1S/C4H3ClFIN2/c5-3-2(6)4(8)7-1-9-3/h1,8-9H. The number of rotatable bonds is 0. The molecule has 0 bridgehead atoms. The number of hydrogen-bond acceptors (Lipinski definition) is 2. The molecule has 0 aromatic heterocycles. The van der Waals surface area contributed by atoms with E-state index in [0.717, 1.165) is 0 Å². The van der Waals surface area contributed by atoms with Gasteiger partial charge in [0.1, 0.15) is 8.87 Å². The van der Waals surface area contributed by atoms with E-state index >= 15 is 0 Å². The topological polar surface area (TPSA) is 35.9 Å². The van der Waals surface area contributed by atoms with Crippen LogP contribution < -0.4 is 5.32 Å². The highest BCUT2D eigenvalue weighted by atomic mass is 127. The van der Waals surface area contributed by atoms with Crippen molar-refractivity contribution in [2.45, 2.75) is 0 Å². The van der Waals surface area contributed by atoms with Gasteiger partial charge in [0, 0.05) is 4.14 Å². The van der Waals surface area contributed by atoms with E-state index in [9.17, 15) is 4.39 Å². The van der Waals surface area contributed by atoms with Crippen molar-refractivity contribution in [2.24, 2.45) is 0 Å². The summed E-state index contributed by atoms with van der Waals surface area (Å²) in [5.74, 6) is -0.605. The van der Waals surface area contributed by atoms with E-state index in [1.54, 1.807) is 4.14 Å². The average Bonchev–Trinajstić information content (AvgIpc) is 1.83. The summed E-state index contributed by atoms with van der Waals surface area (Å²) in [5.41, 5.74) is 0. The van der Waals surface area contributed by atoms with Crippen LogP contribution in [0.3, 0.4) is 0 Å². The van der Waals surface area contributed by atoms with Crippen LogP contribution in [0.25, 0.3) is 0 Å². The van der Waals surface area contributed by atoms with E-state index in [4.69, 9.17) is 17.0 Å². The van der Waals surface area contributed by atoms with E-state index < -0.39 is 26.6 Å². The molecule has 0 aliphatic carbocycles. The zero-order valence-electron chi connectivity index (χ0n) is 4.21. The number of hydrogen-bond donors (Lipinski definition) is 2. The van der Waals surface area contributed by atoms with Gasteiger partial charge in [-0.25, -0.2) is 4.39 Å². The summed E-state index contributed by atoms with van der Waals surface area (Å²) in [6.07, 6.45) is 0. The fraction of sp³-hybridized carbons (Fsp3) is 0. The van der Waals surface area contributed by atoms with Crippen LogP contribution in [0, 0.1) is 5.41 Å². The minimum Gasteiger partial charge on any atom is -0.345 e. The van der Waals surface area contributed by atoms with Gasteiger partial charge < -0.3 is 5.32 Å². The SMILES string of the molecule is N=C1I=CNC(Cl)=C1F. The zero-order chi connectivity index (χ0) is 6.85. The van der Waals surface area contributed by atoms with Gasteiger partial charge in [-0.2, -0.15) is 0 Å². The van der Waals surface area contributed by atoms with Gasteiger partial charge in [0.05, 0.1) is 0 Å². The molecule has 0 spiro atoms. The molecule has 2 nitrogen and oxygen atoms in total. The summed E-state index contributed by atoms with van der Waals surface area (Å²) in [4.78, 5) is 0. The molecule has 1 aliphatic heterocycles. The third kappa shape index (κ3) is 1.48. The summed E-state index contributed by atoms with van der Waals surface area (Å²) in [6.45, 7) is 0. The second kappa shape index (κ2) is 2.74. The fourth-order valence-corrected chi connectivity index (χ4v) is 2.15. The van der Waals surface area contributed by atoms with Crippen LogP contribution in [-0.4, -0.2) is 7.85 Å².